The summed E-state index contributed by atoms with van der Waals surface area (Å²) >= 11 is 3.19. The van der Waals surface area contributed by atoms with Crippen LogP contribution in [-0.2, 0) is 11.2 Å². The molecule has 1 aromatic carbocycles. The Balaban J connectivity index is 3.03. The van der Waals surface area contributed by atoms with Crippen molar-refractivity contribution < 1.29 is 19.7 Å². The number of benzene rings is 1. The summed E-state index contributed by atoms with van der Waals surface area (Å²) in [5.41, 5.74) is 0.557. The van der Waals surface area contributed by atoms with Gasteiger partial charge in [0.25, 0.3) is 0 Å². The zero-order valence-corrected chi connectivity index (χ0v) is 10.6. The summed E-state index contributed by atoms with van der Waals surface area (Å²) < 4.78 is 5.54. The number of methoxy groups -OCH3 is 1. The average molecular weight is 289 g/mol. The molecule has 0 amide bonds. The molecule has 0 aliphatic heterocycles. The van der Waals surface area contributed by atoms with Crippen LogP contribution in [0.3, 0.4) is 0 Å². The molecule has 1 aromatic rings. The minimum atomic E-state index is -0.890. The smallest absolute Gasteiger partial charge is 0.306 e. The van der Waals surface area contributed by atoms with Crippen LogP contribution in [0.2, 0.25) is 0 Å². The van der Waals surface area contributed by atoms with Crippen LogP contribution in [0.1, 0.15) is 12.5 Å². The van der Waals surface area contributed by atoms with E-state index in [1.807, 2.05) is 0 Å². The molecule has 0 aliphatic carbocycles. The van der Waals surface area contributed by atoms with Gasteiger partial charge in [-0.1, -0.05) is 6.92 Å². The van der Waals surface area contributed by atoms with Crippen LogP contribution in [0.15, 0.2) is 16.6 Å². The molecule has 5 heteroatoms. The second-order valence-corrected chi connectivity index (χ2v) is 4.41. The third-order valence-corrected chi connectivity index (χ3v) is 2.90. The molecule has 1 unspecified atom stereocenters. The molecule has 0 radical (unpaired) electrons. The summed E-state index contributed by atoms with van der Waals surface area (Å²) in [6.45, 7) is 1.59. The molecule has 4 nitrogen and oxygen atoms in total. The van der Waals surface area contributed by atoms with Crippen molar-refractivity contribution in [2.45, 2.75) is 13.3 Å². The summed E-state index contributed by atoms with van der Waals surface area (Å²) in [6.07, 6.45) is 0.261. The van der Waals surface area contributed by atoms with E-state index < -0.39 is 11.9 Å². The number of phenols is 1. The van der Waals surface area contributed by atoms with Gasteiger partial charge < -0.3 is 14.9 Å². The molecule has 16 heavy (non-hydrogen) atoms. The normalized spacial score (nSPS) is 12.2. The Bertz CT molecular complexity index is 403. The lowest BCUT2D eigenvalue weighted by Gasteiger charge is -2.11. The van der Waals surface area contributed by atoms with E-state index in [1.54, 1.807) is 19.1 Å². The quantitative estimate of drug-likeness (QED) is 0.893. The van der Waals surface area contributed by atoms with E-state index in [2.05, 4.69) is 15.9 Å². The lowest BCUT2D eigenvalue weighted by atomic mass is 10.0. The van der Waals surface area contributed by atoms with E-state index in [1.165, 1.54) is 7.11 Å². The highest BCUT2D eigenvalue weighted by Crippen LogP contribution is 2.33. The van der Waals surface area contributed by atoms with Gasteiger partial charge in [0.05, 0.1) is 17.5 Å². The van der Waals surface area contributed by atoms with Gasteiger partial charge in [0.2, 0.25) is 0 Å². The van der Waals surface area contributed by atoms with Crippen molar-refractivity contribution in [3.8, 4) is 11.5 Å². The van der Waals surface area contributed by atoms with Crippen molar-refractivity contribution in [3.05, 3.63) is 22.2 Å². The van der Waals surface area contributed by atoms with E-state index in [0.29, 0.717) is 15.8 Å². The van der Waals surface area contributed by atoms with E-state index in [9.17, 15) is 9.90 Å². The summed E-state index contributed by atoms with van der Waals surface area (Å²) in [6, 6.07) is 3.27. The van der Waals surface area contributed by atoms with Crippen LogP contribution in [0, 0.1) is 5.92 Å². The van der Waals surface area contributed by atoms with Gasteiger partial charge in [0, 0.05) is 0 Å². The van der Waals surface area contributed by atoms with E-state index >= 15 is 0 Å². The van der Waals surface area contributed by atoms with Gasteiger partial charge in [-0.2, -0.15) is 0 Å². The number of carbonyl (C=O) groups is 1. The molecule has 0 saturated carbocycles. The van der Waals surface area contributed by atoms with Crippen molar-refractivity contribution in [2.24, 2.45) is 5.92 Å². The molecular formula is C11H13BrO4. The molecule has 2 N–H and O–H groups in total. The fourth-order valence-electron chi connectivity index (χ4n) is 1.32. The Morgan fingerprint density at radius 3 is 2.69 bits per heavy atom. The highest BCUT2D eigenvalue weighted by atomic mass is 79.9. The summed E-state index contributed by atoms with van der Waals surface area (Å²) in [5.74, 6) is -0.797. The molecule has 0 aliphatic rings. The van der Waals surface area contributed by atoms with E-state index in [4.69, 9.17) is 9.84 Å². The first-order chi connectivity index (χ1) is 7.45. The number of phenolic OH excluding ortho intramolecular Hbond substituents is 1. The van der Waals surface area contributed by atoms with Gasteiger partial charge in [0.15, 0.2) is 0 Å². The lowest BCUT2D eigenvalue weighted by Crippen LogP contribution is -2.12. The summed E-state index contributed by atoms with van der Waals surface area (Å²) in [7, 11) is 1.52. The minimum absolute atomic E-state index is 0.0638. The van der Waals surface area contributed by atoms with Crippen LogP contribution in [-0.4, -0.2) is 23.3 Å². The molecule has 0 saturated heterocycles. The Labute approximate surface area is 102 Å². The predicted octanol–water partition coefficient (Wildman–Crippen LogP) is 2.43. The predicted molar refractivity (Wildman–Crippen MR) is 62.9 cm³/mol. The van der Waals surface area contributed by atoms with Crippen LogP contribution < -0.4 is 4.74 Å². The molecule has 88 valence electrons. The standard InChI is InChI=1S/C11H13BrO4/c1-6(11(14)15)3-7-4-8(16-2)5-9(12)10(7)13/h4-6,13H,3H2,1-2H3,(H,14,15). The topological polar surface area (TPSA) is 66.8 Å². The van der Waals surface area contributed by atoms with Gasteiger partial charge in [-0.15, -0.1) is 0 Å². The first kappa shape index (κ1) is 12.8. The van der Waals surface area contributed by atoms with Gasteiger partial charge >= 0.3 is 5.97 Å². The Hall–Kier alpha value is -1.23. The maximum absolute atomic E-state index is 10.7. The number of ether oxygens (including phenoxy) is 1. The van der Waals surface area contributed by atoms with Gasteiger partial charge in [-0.25, -0.2) is 0 Å². The number of aromatic hydroxyl groups is 1. The summed E-state index contributed by atoms with van der Waals surface area (Å²) in [5, 5.41) is 18.6. The van der Waals surface area contributed by atoms with Crippen LogP contribution in [0.5, 0.6) is 11.5 Å². The molecule has 0 fully saturated rings. The molecule has 0 spiro atoms. The van der Waals surface area contributed by atoms with Crippen molar-refractivity contribution in [1.82, 2.24) is 0 Å². The minimum Gasteiger partial charge on any atom is -0.506 e. The maximum atomic E-state index is 10.7. The first-order valence-corrected chi connectivity index (χ1v) is 5.53. The second-order valence-electron chi connectivity index (χ2n) is 3.56. The number of rotatable bonds is 4. The van der Waals surface area contributed by atoms with Crippen molar-refractivity contribution >= 4 is 21.9 Å². The maximum Gasteiger partial charge on any atom is 0.306 e. The first-order valence-electron chi connectivity index (χ1n) is 4.74. The Morgan fingerprint density at radius 1 is 1.56 bits per heavy atom. The molecule has 0 bridgehead atoms. The van der Waals surface area contributed by atoms with Gasteiger partial charge in [0.1, 0.15) is 11.5 Å². The Morgan fingerprint density at radius 2 is 2.19 bits per heavy atom. The third-order valence-electron chi connectivity index (χ3n) is 2.30. The fraction of sp³-hybridized carbons (Fsp3) is 0.364. The van der Waals surface area contributed by atoms with Crippen LogP contribution in [0.4, 0.5) is 0 Å². The van der Waals surface area contributed by atoms with Gasteiger partial charge in [-0.3, -0.25) is 4.79 Å². The van der Waals surface area contributed by atoms with Crippen molar-refractivity contribution in [3.63, 3.8) is 0 Å². The number of carboxylic acid groups (broad SMARTS) is 1. The zero-order valence-electron chi connectivity index (χ0n) is 9.03. The number of hydrogen-bond acceptors (Lipinski definition) is 3. The fourth-order valence-corrected chi connectivity index (χ4v) is 1.80. The number of carboxylic acids is 1. The van der Waals surface area contributed by atoms with E-state index in [0.717, 1.165) is 0 Å². The second kappa shape index (κ2) is 5.21. The lowest BCUT2D eigenvalue weighted by molar-refractivity contribution is -0.141. The Kier molecular flexibility index (Phi) is 4.18. The van der Waals surface area contributed by atoms with E-state index in [-0.39, 0.29) is 12.2 Å². The largest absolute Gasteiger partial charge is 0.506 e. The zero-order chi connectivity index (χ0) is 12.3. The molecule has 0 heterocycles. The third kappa shape index (κ3) is 2.88. The highest BCUT2D eigenvalue weighted by Gasteiger charge is 2.16. The van der Waals surface area contributed by atoms with Crippen LogP contribution >= 0.6 is 15.9 Å². The highest BCUT2D eigenvalue weighted by molar-refractivity contribution is 9.10. The molecule has 0 aromatic heterocycles. The SMILES string of the molecule is COc1cc(Br)c(O)c(CC(C)C(=O)O)c1. The van der Waals surface area contributed by atoms with Gasteiger partial charge in [-0.05, 0) is 40.0 Å². The number of halogens is 1. The molecule has 1 atom stereocenters. The monoisotopic (exact) mass is 288 g/mol. The van der Waals surface area contributed by atoms with Crippen molar-refractivity contribution in [1.29, 1.82) is 0 Å². The molecular weight excluding hydrogens is 276 g/mol. The average Bonchev–Trinajstić information content (AvgIpc) is 2.24. The number of hydrogen-bond donors (Lipinski definition) is 2. The number of aliphatic carboxylic acids is 1. The summed E-state index contributed by atoms with van der Waals surface area (Å²) in [4.78, 5) is 10.7. The van der Waals surface area contributed by atoms with Crippen LogP contribution in [0.25, 0.3) is 0 Å². The van der Waals surface area contributed by atoms with Crippen molar-refractivity contribution in [2.75, 3.05) is 7.11 Å². The molecule has 1 rings (SSSR count).